The summed E-state index contributed by atoms with van der Waals surface area (Å²) < 4.78 is 9.44. The summed E-state index contributed by atoms with van der Waals surface area (Å²) in [5.41, 5.74) is 1.09. The molecule has 0 saturated heterocycles. The first-order chi connectivity index (χ1) is 8.33. The van der Waals surface area contributed by atoms with Crippen molar-refractivity contribution in [2.45, 2.75) is 25.7 Å². The fourth-order valence-electron chi connectivity index (χ4n) is 1.36. The van der Waals surface area contributed by atoms with Crippen LogP contribution in [-0.2, 0) is 9.53 Å². The Labute approximate surface area is 102 Å². The Balaban J connectivity index is 2.01. The number of furan rings is 1. The molecule has 1 aromatic heterocycles. The van der Waals surface area contributed by atoms with Gasteiger partial charge >= 0.3 is 5.97 Å². The molecule has 3 heteroatoms. The number of esters is 1. The summed E-state index contributed by atoms with van der Waals surface area (Å²) >= 11 is 0. The van der Waals surface area contributed by atoms with E-state index < -0.39 is 0 Å². The maximum absolute atomic E-state index is 10.7. The molecule has 17 heavy (non-hydrogen) atoms. The molecular weight excluding hydrogens is 216 g/mol. The van der Waals surface area contributed by atoms with Crippen molar-refractivity contribution >= 4 is 12.0 Å². The summed E-state index contributed by atoms with van der Waals surface area (Å²) in [6.07, 6.45) is 15.0. The Morgan fingerprint density at radius 2 is 2.12 bits per heavy atom. The van der Waals surface area contributed by atoms with Crippen molar-refractivity contribution < 1.29 is 13.9 Å². The SMILES string of the molecule is COC(=O)/C=C/CCCC/C=C\c1ccoc1. The van der Waals surface area contributed by atoms with Gasteiger partial charge < -0.3 is 9.15 Å². The number of allylic oxidation sites excluding steroid dienone is 2. The third-order valence-corrected chi connectivity index (χ3v) is 2.30. The third kappa shape index (κ3) is 6.40. The smallest absolute Gasteiger partial charge is 0.330 e. The predicted molar refractivity (Wildman–Crippen MR) is 67.4 cm³/mol. The zero-order chi connectivity index (χ0) is 12.3. The molecule has 0 spiro atoms. The third-order valence-electron chi connectivity index (χ3n) is 2.30. The largest absolute Gasteiger partial charge is 0.472 e. The molecule has 0 unspecified atom stereocenters. The number of hydrogen-bond acceptors (Lipinski definition) is 3. The lowest BCUT2D eigenvalue weighted by molar-refractivity contribution is -0.134. The molecule has 1 rings (SSSR count). The second-order valence-corrected chi connectivity index (χ2v) is 3.67. The van der Waals surface area contributed by atoms with Gasteiger partial charge in [0.1, 0.15) is 0 Å². The molecule has 0 atom stereocenters. The highest BCUT2D eigenvalue weighted by atomic mass is 16.5. The first-order valence-electron chi connectivity index (χ1n) is 5.76. The average Bonchev–Trinajstić information content (AvgIpc) is 2.85. The molecule has 0 amide bonds. The minimum absolute atomic E-state index is 0.287. The van der Waals surface area contributed by atoms with Crippen molar-refractivity contribution in [1.29, 1.82) is 0 Å². The standard InChI is InChI=1S/C14H18O3/c1-16-14(15)9-7-5-3-2-4-6-8-13-10-11-17-12-13/h6-12H,2-5H2,1H3/b8-6-,9-7+. The summed E-state index contributed by atoms with van der Waals surface area (Å²) in [4.78, 5) is 10.7. The molecule has 1 aromatic rings. The quantitative estimate of drug-likeness (QED) is 0.411. The van der Waals surface area contributed by atoms with Crippen molar-refractivity contribution in [3.05, 3.63) is 42.4 Å². The lowest BCUT2D eigenvalue weighted by atomic mass is 10.1. The first-order valence-corrected chi connectivity index (χ1v) is 5.76. The van der Waals surface area contributed by atoms with E-state index in [-0.39, 0.29) is 5.97 Å². The van der Waals surface area contributed by atoms with Gasteiger partial charge in [0.15, 0.2) is 0 Å². The van der Waals surface area contributed by atoms with E-state index in [2.05, 4.69) is 10.8 Å². The van der Waals surface area contributed by atoms with Crippen molar-refractivity contribution in [2.24, 2.45) is 0 Å². The highest BCUT2D eigenvalue weighted by Gasteiger charge is 1.90. The van der Waals surface area contributed by atoms with E-state index in [4.69, 9.17) is 4.42 Å². The van der Waals surface area contributed by atoms with Crippen LogP contribution in [0.4, 0.5) is 0 Å². The van der Waals surface area contributed by atoms with Gasteiger partial charge in [-0.05, 0) is 31.7 Å². The summed E-state index contributed by atoms with van der Waals surface area (Å²) in [5, 5.41) is 0. The Hall–Kier alpha value is -1.77. The molecule has 0 saturated carbocycles. The van der Waals surface area contributed by atoms with Crippen LogP contribution >= 0.6 is 0 Å². The van der Waals surface area contributed by atoms with Gasteiger partial charge in [-0.1, -0.05) is 18.2 Å². The maximum atomic E-state index is 10.7. The highest BCUT2D eigenvalue weighted by Crippen LogP contribution is 2.06. The first kappa shape index (κ1) is 13.3. The van der Waals surface area contributed by atoms with Gasteiger partial charge in [0.25, 0.3) is 0 Å². The van der Waals surface area contributed by atoms with Gasteiger partial charge in [0, 0.05) is 11.6 Å². The lowest BCUT2D eigenvalue weighted by Gasteiger charge is -1.93. The molecular formula is C14H18O3. The molecule has 0 N–H and O–H groups in total. The molecule has 3 nitrogen and oxygen atoms in total. The molecule has 0 bridgehead atoms. The maximum Gasteiger partial charge on any atom is 0.330 e. The van der Waals surface area contributed by atoms with Crippen LogP contribution in [-0.4, -0.2) is 13.1 Å². The number of rotatable bonds is 7. The second kappa shape index (κ2) is 8.39. The molecule has 0 radical (unpaired) electrons. The van der Waals surface area contributed by atoms with Crippen LogP contribution in [0.2, 0.25) is 0 Å². The Kier molecular flexibility index (Phi) is 6.56. The fourth-order valence-corrected chi connectivity index (χ4v) is 1.36. The van der Waals surface area contributed by atoms with Gasteiger partial charge in [0.2, 0.25) is 0 Å². The number of methoxy groups -OCH3 is 1. The van der Waals surface area contributed by atoms with Gasteiger partial charge in [-0.3, -0.25) is 0 Å². The zero-order valence-corrected chi connectivity index (χ0v) is 10.1. The summed E-state index contributed by atoms with van der Waals surface area (Å²) in [6, 6.07) is 1.93. The second-order valence-electron chi connectivity index (χ2n) is 3.67. The van der Waals surface area contributed by atoms with Crippen molar-refractivity contribution in [2.75, 3.05) is 7.11 Å². The van der Waals surface area contributed by atoms with Crippen LogP contribution in [0.1, 0.15) is 31.2 Å². The molecule has 0 aliphatic carbocycles. The fraction of sp³-hybridized carbons (Fsp3) is 0.357. The minimum atomic E-state index is -0.287. The molecule has 0 aliphatic heterocycles. The van der Waals surface area contributed by atoms with Crippen molar-refractivity contribution in [3.63, 3.8) is 0 Å². The van der Waals surface area contributed by atoms with E-state index >= 15 is 0 Å². The van der Waals surface area contributed by atoms with Crippen LogP contribution in [0, 0.1) is 0 Å². The van der Waals surface area contributed by atoms with Gasteiger partial charge in [-0.25, -0.2) is 4.79 Å². The normalized spacial score (nSPS) is 11.4. The van der Waals surface area contributed by atoms with Crippen LogP contribution in [0.25, 0.3) is 6.08 Å². The van der Waals surface area contributed by atoms with Crippen LogP contribution in [0.15, 0.2) is 41.2 Å². The topological polar surface area (TPSA) is 39.4 Å². The van der Waals surface area contributed by atoms with E-state index in [0.29, 0.717) is 0 Å². The van der Waals surface area contributed by atoms with E-state index in [1.165, 1.54) is 13.2 Å². The average molecular weight is 234 g/mol. The van der Waals surface area contributed by atoms with E-state index in [1.54, 1.807) is 12.5 Å². The van der Waals surface area contributed by atoms with Crippen LogP contribution in [0.3, 0.4) is 0 Å². The van der Waals surface area contributed by atoms with Gasteiger partial charge in [-0.15, -0.1) is 0 Å². The van der Waals surface area contributed by atoms with Crippen LogP contribution < -0.4 is 0 Å². The van der Waals surface area contributed by atoms with E-state index in [0.717, 1.165) is 31.2 Å². The van der Waals surface area contributed by atoms with E-state index in [9.17, 15) is 4.79 Å². The molecule has 0 aliphatic rings. The van der Waals surface area contributed by atoms with Gasteiger partial charge in [0.05, 0.1) is 19.6 Å². The molecule has 0 fully saturated rings. The number of unbranched alkanes of at least 4 members (excludes halogenated alkanes) is 3. The summed E-state index contributed by atoms with van der Waals surface area (Å²) in [6.45, 7) is 0. The Morgan fingerprint density at radius 1 is 1.35 bits per heavy atom. The number of carbonyl (C=O) groups excluding carboxylic acids is 1. The minimum Gasteiger partial charge on any atom is -0.472 e. The van der Waals surface area contributed by atoms with E-state index in [1.807, 2.05) is 18.2 Å². The Morgan fingerprint density at radius 3 is 2.76 bits per heavy atom. The highest BCUT2D eigenvalue weighted by molar-refractivity contribution is 5.81. The summed E-state index contributed by atoms with van der Waals surface area (Å²) in [5.74, 6) is -0.287. The van der Waals surface area contributed by atoms with Crippen molar-refractivity contribution in [3.8, 4) is 0 Å². The predicted octanol–water partition coefficient (Wildman–Crippen LogP) is 3.58. The summed E-state index contributed by atoms with van der Waals surface area (Å²) in [7, 11) is 1.38. The molecule has 92 valence electrons. The van der Waals surface area contributed by atoms with Crippen molar-refractivity contribution in [1.82, 2.24) is 0 Å². The number of carbonyl (C=O) groups is 1. The van der Waals surface area contributed by atoms with Gasteiger partial charge in [-0.2, -0.15) is 0 Å². The van der Waals surface area contributed by atoms with Crippen LogP contribution in [0.5, 0.6) is 0 Å². The Bertz CT molecular complexity index is 361. The monoisotopic (exact) mass is 234 g/mol. The number of ether oxygens (including phenoxy) is 1. The zero-order valence-electron chi connectivity index (χ0n) is 10.1. The lowest BCUT2D eigenvalue weighted by Crippen LogP contribution is -1.93. The molecule has 0 aromatic carbocycles. The number of hydrogen-bond donors (Lipinski definition) is 0. The molecule has 1 heterocycles.